The van der Waals surface area contributed by atoms with Crippen LogP contribution in [0.1, 0.15) is 17.3 Å². The van der Waals surface area contributed by atoms with Gasteiger partial charge >= 0.3 is 5.97 Å². The number of hydrogen-bond acceptors (Lipinski definition) is 5. The van der Waals surface area contributed by atoms with Gasteiger partial charge in [-0.3, -0.25) is 4.98 Å². The molecule has 96 valence electrons. The Morgan fingerprint density at radius 3 is 3.05 bits per heavy atom. The molecule has 0 aliphatic rings. The highest BCUT2D eigenvalue weighted by Crippen LogP contribution is 2.30. The van der Waals surface area contributed by atoms with Crippen LogP contribution in [0.15, 0.2) is 29.5 Å². The van der Waals surface area contributed by atoms with Crippen LogP contribution in [-0.4, -0.2) is 17.6 Å². The van der Waals surface area contributed by atoms with Crippen molar-refractivity contribution >= 4 is 34.2 Å². The van der Waals surface area contributed by atoms with Crippen molar-refractivity contribution in [3.8, 4) is 0 Å². The van der Waals surface area contributed by atoms with E-state index in [4.69, 9.17) is 21.9 Å². The summed E-state index contributed by atoms with van der Waals surface area (Å²) >= 11 is 5.88. The third kappa shape index (κ3) is 2.59. The number of hydrogen-bond donors (Lipinski definition) is 1. The van der Waals surface area contributed by atoms with Gasteiger partial charge in [0.1, 0.15) is 11.1 Å². The summed E-state index contributed by atoms with van der Waals surface area (Å²) in [5.74, 6) is -0.547. The highest BCUT2D eigenvalue weighted by atomic mass is 35.5. The molecule has 0 aliphatic heterocycles. The summed E-state index contributed by atoms with van der Waals surface area (Å²) in [4.78, 5) is 18.9. The van der Waals surface area contributed by atoms with E-state index in [0.717, 1.165) is 0 Å². The van der Waals surface area contributed by atoms with Crippen molar-refractivity contribution in [2.45, 2.75) is 6.92 Å². The van der Waals surface area contributed by atoms with Crippen LogP contribution < -0.4 is 4.91 Å². The average molecular weight is 278 g/mol. The van der Waals surface area contributed by atoms with Gasteiger partial charge < -0.3 is 4.74 Å². The number of esters is 1. The van der Waals surface area contributed by atoms with Crippen molar-refractivity contribution < 1.29 is 9.53 Å². The van der Waals surface area contributed by atoms with Crippen molar-refractivity contribution in [2.24, 2.45) is 5.11 Å². The molecule has 1 aromatic heterocycles. The van der Waals surface area contributed by atoms with Crippen LogP contribution in [0.2, 0.25) is 5.02 Å². The summed E-state index contributed by atoms with van der Waals surface area (Å²) < 4.78 is 4.92. The normalized spacial score (nSPS) is 10.0. The Morgan fingerprint density at radius 2 is 2.37 bits per heavy atom. The number of nitrogens with one attached hydrogen (secondary N) is 1. The number of carbonyl (C=O) groups is 1. The Balaban J connectivity index is 2.72. The van der Waals surface area contributed by atoms with Crippen LogP contribution in [0.5, 0.6) is 0 Å². The predicted octanol–water partition coefficient (Wildman–Crippen LogP) is 3.25. The summed E-state index contributed by atoms with van der Waals surface area (Å²) in [7, 11) is 0. The fourth-order valence-corrected chi connectivity index (χ4v) is 1.83. The lowest BCUT2D eigenvalue weighted by molar-refractivity contribution is 0.0527. The van der Waals surface area contributed by atoms with Crippen molar-refractivity contribution in [3.63, 3.8) is 0 Å². The number of nitrogens with zero attached hydrogens (tertiary/aromatic N) is 3. The number of ether oxygens (including phenoxy) is 1. The number of fused-ring (bicyclic) bond motifs is 1. The van der Waals surface area contributed by atoms with E-state index in [1.165, 1.54) is 6.20 Å². The molecule has 1 N–H and O–H groups in total. The molecule has 0 amide bonds. The van der Waals surface area contributed by atoms with E-state index in [1.807, 2.05) is 0 Å². The van der Waals surface area contributed by atoms with Gasteiger partial charge in [0.05, 0.1) is 12.1 Å². The molecule has 7 heteroatoms. The first-order chi connectivity index (χ1) is 9.17. The topological polar surface area (TPSA) is 89.5 Å². The molecule has 0 saturated heterocycles. The summed E-state index contributed by atoms with van der Waals surface area (Å²) in [6.07, 6.45) is 1.35. The maximum atomic E-state index is 11.8. The largest absolute Gasteiger partial charge is 0.462 e. The van der Waals surface area contributed by atoms with Gasteiger partial charge in [0.2, 0.25) is 4.91 Å². The molecule has 1 aromatic carbocycles. The highest BCUT2D eigenvalue weighted by Gasteiger charge is 2.19. The number of carbonyl (C=O) groups excluding carboxylic acids is 1. The molecule has 1 heterocycles. The first-order valence-electron chi connectivity index (χ1n) is 5.50. The fourth-order valence-electron chi connectivity index (χ4n) is 1.67. The van der Waals surface area contributed by atoms with Gasteiger partial charge in [-0.25, -0.2) is 4.79 Å². The van der Waals surface area contributed by atoms with E-state index in [2.05, 4.69) is 15.0 Å². The molecule has 0 spiro atoms. The van der Waals surface area contributed by atoms with Crippen molar-refractivity contribution in [1.29, 1.82) is 5.53 Å². The monoisotopic (exact) mass is 277 g/mol. The van der Waals surface area contributed by atoms with Gasteiger partial charge in [-0.15, -0.1) is 0 Å². The maximum absolute atomic E-state index is 11.8. The third-order valence-electron chi connectivity index (χ3n) is 2.45. The fraction of sp³-hybridized carbons (Fsp3) is 0.167. The maximum Gasteiger partial charge on any atom is 0.342 e. The lowest BCUT2D eigenvalue weighted by atomic mass is 10.1. The molecule has 0 radical (unpaired) electrons. The third-order valence-corrected chi connectivity index (χ3v) is 2.68. The molecule has 0 fully saturated rings. The first-order valence-corrected chi connectivity index (χ1v) is 5.88. The summed E-state index contributed by atoms with van der Waals surface area (Å²) in [5.41, 5.74) is 7.86. The van der Waals surface area contributed by atoms with Crippen LogP contribution >= 0.6 is 11.6 Å². The van der Waals surface area contributed by atoms with Crippen molar-refractivity contribution in [3.05, 3.63) is 35.0 Å². The predicted molar refractivity (Wildman–Crippen MR) is 69.7 cm³/mol. The molecule has 6 nitrogen and oxygen atoms in total. The van der Waals surface area contributed by atoms with E-state index in [0.29, 0.717) is 15.9 Å². The number of pyridine rings is 1. The van der Waals surface area contributed by atoms with Crippen molar-refractivity contribution in [2.75, 3.05) is 6.61 Å². The van der Waals surface area contributed by atoms with Crippen LogP contribution in [0.4, 0.5) is 5.69 Å². The SMILES string of the molecule is CCOC(=O)c1cnc2cc(Cl)ccc2c1N=[N+]=N. The Bertz CT molecular complexity index is 695. The van der Waals surface area contributed by atoms with E-state index < -0.39 is 5.97 Å². The second-order valence-corrected chi connectivity index (χ2v) is 4.04. The van der Waals surface area contributed by atoms with Gasteiger partial charge in [-0.2, -0.15) is 0 Å². The standard InChI is InChI=1S/C12H10ClN4O2/c1-2-19-12(18)9-6-15-10-5-7(13)3-4-8(10)11(9)16-17-14/h3-6,14H,2H2,1H3/q+1. The smallest absolute Gasteiger partial charge is 0.342 e. The minimum atomic E-state index is -0.547. The molecule has 0 bridgehead atoms. The average Bonchev–Trinajstić information content (AvgIpc) is 2.39. The number of rotatable bonds is 3. The summed E-state index contributed by atoms with van der Waals surface area (Å²) in [5, 5.41) is 4.79. The van der Waals surface area contributed by atoms with Crippen LogP contribution in [0.3, 0.4) is 0 Å². The number of aromatic nitrogens is 1. The van der Waals surface area contributed by atoms with E-state index in [9.17, 15) is 4.79 Å². The zero-order chi connectivity index (χ0) is 13.8. The Hall–Kier alpha value is -2.30. The molecule has 0 aliphatic carbocycles. The molecule has 0 unspecified atom stereocenters. The minimum Gasteiger partial charge on any atom is -0.462 e. The first kappa shape index (κ1) is 13.1. The van der Waals surface area contributed by atoms with E-state index >= 15 is 0 Å². The van der Waals surface area contributed by atoms with Gasteiger partial charge in [0.15, 0.2) is 10.8 Å². The second-order valence-electron chi connectivity index (χ2n) is 3.60. The quantitative estimate of drug-likeness (QED) is 0.530. The lowest BCUT2D eigenvalue weighted by Crippen LogP contribution is -2.05. The van der Waals surface area contributed by atoms with Crippen LogP contribution in [0, 0.1) is 5.53 Å². The second kappa shape index (κ2) is 5.56. The van der Waals surface area contributed by atoms with Gasteiger partial charge in [-0.05, 0) is 25.1 Å². The highest BCUT2D eigenvalue weighted by molar-refractivity contribution is 6.31. The number of benzene rings is 1. The molecule has 0 atom stereocenters. The lowest BCUT2D eigenvalue weighted by Gasteiger charge is -2.04. The molecule has 19 heavy (non-hydrogen) atoms. The van der Waals surface area contributed by atoms with Crippen LogP contribution in [0.25, 0.3) is 10.9 Å². The zero-order valence-electron chi connectivity index (χ0n) is 10.1. The molecular formula is C12H10ClN4O2+. The number of halogens is 1. The van der Waals surface area contributed by atoms with Crippen molar-refractivity contribution in [1.82, 2.24) is 9.90 Å². The zero-order valence-corrected chi connectivity index (χ0v) is 10.8. The summed E-state index contributed by atoms with van der Waals surface area (Å²) in [6, 6.07) is 4.98. The van der Waals surface area contributed by atoms with E-state index in [-0.39, 0.29) is 17.9 Å². The minimum absolute atomic E-state index is 0.174. The van der Waals surface area contributed by atoms with Crippen LogP contribution in [-0.2, 0) is 4.74 Å². The Morgan fingerprint density at radius 1 is 1.58 bits per heavy atom. The van der Waals surface area contributed by atoms with E-state index in [1.54, 1.807) is 25.1 Å². The molecular weight excluding hydrogens is 268 g/mol. The molecule has 2 rings (SSSR count). The molecule has 2 aromatic rings. The van der Waals surface area contributed by atoms with Gasteiger partial charge in [-0.1, -0.05) is 11.6 Å². The summed E-state index contributed by atoms with van der Waals surface area (Å²) in [6.45, 7) is 1.95. The Kier molecular flexibility index (Phi) is 3.85. The van der Waals surface area contributed by atoms with Gasteiger partial charge in [0, 0.05) is 16.6 Å². The molecule has 0 saturated carbocycles. The Labute approximate surface area is 113 Å². The van der Waals surface area contributed by atoms with Gasteiger partial charge in [0.25, 0.3) is 0 Å².